The van der Waals surface area contributed by atoms with E-state index >= 15 is 0 Å². The largest absolute Gasteiger partial charge is 0.339 e. The third-order valence-corrected chi connectivity index (χ3v) is 5.43. The molecule has 1 aliphatic heterocycles. The van der Waals surface area contributed by atoms with Crippen LogP contribution in [-0.2, 0) is 6.42 Å². The van der Waals surface area contributed by atoms with E-state index in [1.54, 1.807) is 0 Å². The van der Waals surface area contributed by atoms with Crippen molar-refractivity contribution in [1.82, 2.24) is 10.1 Å². The van der Waals surface area contributed by atoms with Crippen molar-refractivity contribution in [2.24, 2.45) is 5.73 Å². The molecule has 0 radical (unpaired) electrons. The van der Waals surface area contributed by atoms with Gasteiger partial charge in [-0.2, -0.15) is 16.7 Å². The second kappa shape index (κ2) is 5.21. The zero-order valence-electron chi connectivity index (χ0n) is 10.7. The number of nitrogens with zero attached hydrogens (tertiary/aromatic N) is 2. The Morgan fingerprint density at radius 1 is 1.28 bits per heavy atom. The van der Waals surface area contributed by atoms with E-state index in [4.69, 9.17) is 10.3 Å². The van der Waals surface area contributed by atoms with Crippen molar-refractivity contribution in [3.8, 4) is 0 Å². The van der Waals surface area contributed by atoms with E-state index < -0.39 is 0 Å². The van der Waals surface area contributed by atoms with Crippen molar-refractivity contribution in [3.63, 3.8) is 0 Å². The first-order valence-electron chi connectivity index (χ1n) is 6.98. The molecule has 5 heteroatoms. The first-order chi connectivity index (χ1) is 8.75. The van der Waals surface area contributed by atoms with Crippen molar-refractivity contribution in [1.29, 1.82) is 0 Å². The summed E-state index contributed by atoms with van der Waals surface area (Å²) in [5.74, 6) is 2.84. The van der Waals surface area contributed by atoms with Gasteiger partial charge in [-0.05, 0) is 31.4 Å². The molecule has 1 aromatic rings. The summed E-state index contributed by atoms with van der Waals surface area (Å²) < 4.78 is 5.39. The van der Waals surface area contributed by atoms with Crippen LogP contribution in [0.25, 0.3) is 0 Å². The van der Waals surface area contributed by atoms with Gasteiger partial charge in [-0.3, -0.25) is 0 Å². The fourth-order valence-corrected chi connectivity index (χ4v) is 4.21. The Labute approximate surface area is 112 Å². The van der Waals surface area contributed by atoms with Crippen LogP contribution in [0.2, 0.25) is 0 Å². The molecule has 0 aromatic carbocycles. The van der Waals surface area contributed by atoms with Crippen molar-refractivity contribution in [2.75, 3.05) is 5.75 Å². The molecule has 1 atom stereocenters. The molecule has 2 heterocycles. The highest BCUT2D eigenvalue weighted by atomic mass is 32.2. The zero-order chi connectivity index (χ0) is 12.4. The Bertz CT molecular complexity index is 395. The van der Waals surface area contributed by atoms with E-state index in [2.05, 4.69) is 10.1 Å². The summed E-state index contributed by atoms with van der Waals surface area (Å²) in [6.07, 6.45) is 9.16. The summed E-state index contributed by atoms with van der Waals surface area (Å²) in [4.78, 5) is 4.56. The minimum absolute atomic E-state index is 0.0937. The molecule has 2 fully saturated rings. The second-order valence-electron chi connectivity index (χ2n) is 5.65. The Kier molecular flexibility index (Phi) is 3.61. The van der Waals surface area contributed by atoms with Crippen molar-refractivity contribution in [3.05, 3.63) is 11.7 Å². The predicted octanol–water partition coefficient (Wildman–Crippen LogP) is 2.84. The quantitative estimate of drug-likeness (QED) is 0.912. The highest BCUT2D eigenvalue weighted by Gasteiger charge is 2.32. The number of hydrogen-bond acceptors (Lipinski definition) is 5. The van der Waals surface area contributed by atoms with Crippen LogP contribution in [0.4, 0.5) is 0 Å². The molecule has 1 aromatic heterocycles. The number of thioether (sulfide) groups is 1. The SMILES string of the molecule is NC1(Cc2nc(C3CCCCS3)no2)CCCC1. The van der Waals surface area contributed by atoms with Crippen molar-refractivity contribution >= 4 is 11.8 Å². The standard InChI is InChI=1S/C13H21N3OS/c14-13(6-2-3-7-13)9-11-15-12(16-17-11)10-5-1-4-8-18-10/h10H,1-9,14H2. The van der Waals surface area contributed by atoms with Gasteiger partial charge in [0.05, 0.1) is 5.25 Å². The summed E-state index contributed by atoms with van der Waals surface area (Å²) in [6, 6.07) is 0. The smallest absolute Gasteiger partial charge is 0.228 e. The summed E-state index contributed by atoms with van der Waals surface area (Å²) >= 11 is 1.96. The molecule has 2 aliphatic rings. The lowest BCUT2D eigenvalue weighted by Gasteiger charge is -2.20. The van der Waals surface area contributed by atoms with Crippen LogP contribution < -0.4 is 5.73 Å². The van der Waals surface area contributed by atoms with Gasteiger partial charge in [0.1, 0.15) is 0 Å². The third kappa shape index (κ3) is 2.72. The summed E-state index contributed by atoms with van der Waals surface area (Å²) in [5.41, 5.74) is 6.25. The molecule has 0 amide bonds. The van der Waals surface area contributed by atoms with E-state index in [1.165, 1.54) is 37.9 Å². The highest BCUT2D eigenvalue weighted by Crippen LogP contribution is 2.37. The molecule has 0 spiro atoms. The molecule has 0 bridgehead atoms. The van der Waals surface area contributed by atoms with Crippen LogP contribution in [-0.4, -0.2) is 21.4 Å². The number of hydrogen-bond donors (Lipinski definition) is 1. The van der Waals surface area contributed by atoms with E-state index in [-0.39, 0.29) is 5.54 Å². The zero-order valence-corrected chi connectivity index (χ0v) is 11.5. The maximum Gasteiger partial charge on any atom is 0.228 e. The fraction of sp³-hybridized carbons (Fsp3) is 0.846. The Morgan fingerprint density at radius 2 is 2.11 bits per heavy atom. The fourth-order valence-electron chi connectivity index (χ4n) is 2.97. The maximum absolute atomic E-state index is 6.35. The molecule has 100 valence electrons. The van der Waals surface area contributed by atoms with E-state index in [1.807, 2.05) is 11.8 Å². The Morgan fingerprint density at radius 3 is 2.83 bits per heavy atom. The first-order valence-corrected chi connectivity index (χ1v) is 8.03. The molecular formula is C13H21N3OS. The van der Waals surface area contributed by atoms with Crippen LogP contribution in [0, 0.1) is 0 Å². The lowest BCUT2D eigenvalue weighted by atomic mass is 9.95. The molecule has 2 N–H and O–H groups in total. The molecule has 1 unspecified atom stereocenters. The van der Waals surface area contributed by atoms with Gasteiger partial charge in [0.25, 0.3) is 0 Å². The van der Waals surface area contributed by atoms with E-state index in [0.29, 0.717) is 5.25 Å². The molecule has 4 nitrogen and oxygen atoms in total. The summed E-state index contributed by atoms with van der Waals surface area (Å²) in [5, 5.41) is 4.59. The van der Waals surface area contributed by atoms with Gasteiger partial charge in [-0.15, -0.1) is 0 Å². The Balaban J connectivity index is 1.65. The molecule has 1 aliphatic carbocycles. The van der Waals surface area contributed by atoms with Crippen LogP contribution >= 0.6 is 11.8 Å². The molecule has 3 rings (SSSR count). The van der Waals surface area contributed by atoms with Crippen molar-refractivity contribution in [2.45, 2.75) is 62.2 Å². The predicted molar refractivity (Wildman–Crippen MR) is 72.4 cm³/mol. The lowest BCUT2D eigenvalue weighted by Crippen LogP contribution is -2.38. The third-order valence-electron chi connectivity index (χ3n) is 4.05. The van der Waals surface area contributed by atoms with Gasteiger partial charge < -0.3 is 10.3 Å². The number of nitrogens with two attached hydrogens (primary N) is 1. The van der Waals surface area contributed by atoms with Gasteiger partial charge >= 0.3 is 0 Å². The summed E-state index contributed by atoms with van der Waals surface area (Å²) in [7, 11) is 0. The highest BCUT2D eigenvalue weighted by molar-refractivity contribution is 7.99. The van der Waals surface area contributed by atoms with Crippen LogP contribution in [0.3, 0.4) is 0 Å². The normalized spacial score (nSPS) is 27.5. The minimum Gasteiger partial charge on any atom is -0.339 e. The van der Waals surface area contributed by atoms with Crippen LogP contribution in [0.15, 0.2) is 4.52 Å². The molecule has 18 heavy (non-hydrogen) atoms. The number of rotatable bonds is 3. The number of aromatic nitrogens is 2. The Hall–Kier alpha value is -0.550. The van der Waals surface area contributed by atoms with Gasteiger partial charge in [0.2, 0.25) is 5.89 Å². The van der Waals surface area contributed by atoms with E-state index in [9.17, 15) is 0 Å². The first kappa shape index (κ1) is 12.5. The molecule has 1 saturated carbocycles. The monoisotopic (exact) mass is 267 g/mol. The van der Waals surface area contributed by atoms with Gasteiger partial charge in [-0.1, -0.05) is 24.4 Å². The van der Waals surface area contributed by atoms with Crippen LogP contribution in [0.1, 0.15) is 61.9 Å². The summed E-state index contributed by atoms with van der Waals surface area (Å²) in [6.45, 7) is 0. The average molecular weight is 267 g/mol. The van der Waals surface area contributed by atoms with Crippen molar-refractivity contribution < 1.29 is 4.52 Å². The minimum atomic E-state index is -0.0937. The lowest BCUT2D eigenvalue weighted by molar-refractivity contribution is 0.326. The van der Waals surface area contributed by atoms with Gasteiger partial charge in [-0.25, -0.2) is 0 Å². The van der Waals surface area contributed by atoms with E-state index in [0.717, 1.165) is 31.0 Å². The molecular weight excluding hydrogens is 246 g/mol. The van der Waals surface area contributed by atoms with Gasteiger partial charge in [0.15, 0.2) is 5.82 Å². The molecule has 1 saturated heterocycles. The van der Waals surface area contributed by atoms with Gasteiger partial charge in [0, 0.05) is 12.0 Å². The maximum atomic E-state index is 6.35. The van der Waals surface area contributed by atoms with Crippen LogP contribution in [0.5, 0.6) is 0 Å². The average Bonchev–Trinajstić information content (AvgIpc) is 3.00. The topological polar surface area (TPSA) is 64.9 Å². The second-order valence-corrected chi connectivity index (χ2v) is 6.96.